The zero-order chi connectivity index (χ0) is 14.8. The van der Waals surface area contributed by atoms with Crippen LogP contribution in [-0.4, -0.2) is 6.61 Å². The zero-order valence-corrected chi connectivity index (χ0v) is 15.0. The predicted molar refractivity (Wildman–Crippen MR) is 91.9 cm³/mol. The lowest BCUT2D eigenvalue weighted by Crippen LogP contribution is -1.95. The first-order chi connectivity index (χ1) is 9.69. The molecule has 0 spiro atoms. The molecule has 1 aromatic carbocycles. The molecule has 1 unspecified atom stereocenters. The quantitative estimate of drug-likeness (QED) is 0.326. The van der Waals surface area contributed by atoms with E-state index < -0.39 is 0 Å². The van der Waals surface area contributed by atoms with Crippen molar-refractivity contribution in [3.63, 3.8) is 0 Å². The van der Waals surface area contributed by atoms with Crippen molar-refractivity contribution in [3.8, 4) is 5.75 Å². The molecule has 3 heteroatoms. The van der Waals surface area contributed by atoms with E-state index in [2.05, 4.69) is 35.0 Å². The van der Waals surface area contributed by atoms with Crippen molar-refractivity contribution in [2.75, 3.05) is 6.61 Å². The Morgan fingerprint density at radius 1 is 1.10 bits per heavy atom. The van der Waals surface area contributed by atoms with Crippen LogP contribution in [0.25, 0.3) is 0 Å². The fourth-order valence-electron chi connectivity index (χ4n) is 2.26. The van der Waals surface area contributed by atoms with Crippen LogP contribution in [0.3, 0.4) is 0 Å². The van der Waals surface area contributed by atoms with E-state index in [0.717, 1.165) is 16.6 Å². The van der Waals surface area contributed by atoms with Gasteiger partial charge in [0, 0.05) is 0 Å². The van der Waals surface area contributed by atoms with E-state index in [1.807, 2.05) is 13.0 Å². The summed E-state index contributed by atoms with van der Waals surface area (Å²) in [6, 6.07) is 6.16. The highest BCUT2D eigenvalue weighted by molar-refractivity contribution is 9.10. The van der Waals surface area contributed by atoms with Crippen molar-refractivity contribution < 1.29 is 4.74 Å². The number of hydrogen-bond acceptors (Lipinski definition) is 1. The van der Waals surface area contributed by atoms with Crippen molar-refractivity contribution >= 4 is 27.5 Å². The lowest BCUT2D eigenvalue weighted by atomic mass is 10.0. The molecule has 0 aliphatic carbocycles. The summed E-state index contributed by atoms with van der Waals surface area (Å²) in [5.41, 5.74) is 1.18. The maximum atomic E-state index is 6.49. The summed E-state index contributed by atoms with van der Waals surface area (Å²) in [5, 5.41) is 0.105. The van der Waals surface area contributed by atoms with Gasteiger partial charge < -0.3 is 4.74 Å². The van der Waals surface area contributed by atoms with E-state index in [-0.39, 0.29) is 5.38 Å². The molecule has 114 valence electrons. The van der Waals surface area contributed by atoms with Crippen LogP contribution in [0.1, 0.15) is 69.7 Å². The minimum Gasteiger partial charge on any atom is -0.493 e. The van der Waals surface area contributed by atoms with Gasteiger partial charge in [-0.1, -0.05) is 51.5 Å². The van der Waals surface area contributed by atoms with Gasteiger partial charge in [-0.05, 0) is 47.0 Å². The summed E-state index contributed by atoms with van der Waals surface area (Å²) in [4.78, 5) is 0. The first-order valence-corrected chi connectivity index (χ1v) is 8.98. The smallest absolute Gasteiger partial charge is 0.133 e. The SMILES string of the molecule is CCCCCCCCC(Cl)c1ccc(OCC)c(Br)c1. The molecule has 0 heterocycles. The highest BCUT2D eigenvalue weighted by atomic mass is 79.9. The Morgan fingerprint density at radius 3 is 2.45 bits per heavy atom. The molecule has 20 heavy (non-hydrogen) atoms. The first-order valence-electron chi connectivity index (χ1n) is 7.75. The molecule has 1 rings (SSSR count). The number of hydrogen-bond donors (Lipinski definition) is 0. The van der Waals surface area contributed by atoms with Crippen LogP contribution >= 0.6 is 27.5 Å². The van der Waals surface area contributed by atoms with Crippen LogP contribution in [0.5, 0.6) is 5.75 Å². The minimum absolute atomic E-state index is 0.105. The summed E-state index contributed by atoms with van der Waals surface area (Å²) in [7, 11) is 0. The van der Waals surface area contributed by atoms with Crippen molar-refractivity contribution in [2.24, 2.45) is 0 Å². The fraction of sp³-hybridized carbons (Fsp3) is 0.647. The van der Waals surface area contributed by atoms with Gasteiger partial charge in [0.2, 0.25) is 0 Å². The van der Waals surface area contributed by atoms with Crippen LogP contribution in [0.15, 0.2) is 22.7 Å². The zero-order valence-electron chi connectivity index (χ0n) is 12.6. The second kappa shape index (κ2) is 10.5. The molecule has 0 bridgehead atoms. The molecular formula is C17H26BrClO. The summed E-state index contributed by atoms with van der Waals surface area (Å²) >= 11 is 10.0. The van der Waals surface area contributed by atoms with E-state index in [1.165, 1.54) is 44.1 Å². The van der Waals surface area contributed by atoms with Crippen molar-refractivity contribution in [2.45, 2.75) is 64.2 Å². The molecule has 1 nitrogen and oxygen atoms in total. The van der Waals surface area contributed by atoms with Crippen molar-refractivity contribution in [1.82, 2.24) is 0 Å². The van der Waals surface area contributed by atoms with Gasteiger partial charge in [-0.2, -0.15) is 0 Å². The third-order valence-electron chi connectivity index (χ3n) is 3.43. The average molecular weight is 362 g/mol. The summed E-state index contributed by atoms with van der Waals surface area (Å²) in [5.74, 6) is 0.889. The van der Waals surface area contributed by atoms with Gasteiger partial charge in [-0.3, -0.25) is 0 Å². The summed E-state index contributed by atoms with van der Waals surface area (Å²) < 4.78 is 6.51. The number of rotatable bonds is 10. The number of alkyl halides is 1. The van der Waals surface area contributed by atoms with Gasteiger partial charge in [-0.25, -0.2) is 0 Å². The van der Waals surface area contributed by atoms with Crippen LogP contribution in [0, 0.1) is 0 Å². The Morgan fingerprint density at radius 2 is 1.80 bits per heavy atom. The molecule has 0 radical (unpaired) electrons. The van der Waals surface area contributed by atoms with Gasteiger partial charge in [-0.15, -0.1) is 11.6 Å². The molecule has 1 atom stereocenters. The van der Waals surface area contributed by atoms with Crippen LogP contribution in [0.2, 0.25) is 0 Å². The molecule has 1 aromatic rings. The second-order valence-corrected chi connectivity index (χ2v) is 6.53. The van der Waals surface area contributed by atoms with E-state index in [0.29, 0.717) is 6.61 Å². The van der Waals surface area contributed by atoms with Crippen LogP contribution < -0.4 is 4.74 Å². The maximum absolute atomic E-state index is 6.49. The van der Waals surface area contributed by atoms with Crippen molar-refractivity contribution in [1.29, 1.82) is 0 Å². The fourth-order valence-corrected chi connectivity index (χ4v) is 3.06. The van der Waals surface area contributed by atoms with E-state index in [4.69, 9.17) is 16.3 Å². The molecule has 0 saturated carbocycles. The normalized spacial score (nSPS) is 12.4. The highest BCUT2D eigenvalue weighted by Crippen LogP contribution is 2.33. The van der Waals surface area contributed by atoms with Gasteiger partial charge in [0.15, 0.2) is 0 Å². The van der Waals surface area contributed by atoms with Gasteiger partial charge in [0.1, 0.15) is 5.75 Å². The topological polar surface area (TPSA) is 9.23 Å². The molecule has 0 aliphatic heterocycles. The molecular weight excluding hydrogens is 336 g/mol. The molecule has 0 saturated heterocycles. The van der Waals surface area contributed by atoms with Gasteiger partial charge in [0.25, 0.3) is 0 Å². The standard InChI is InChI=1S/C17H26BrClO/c1-3-5-6-7-8-9-10-16(19)14-11-12-17(20-4-2)15(18)13-14/h11-13,16H,3-10H2,1-2H3. The Hall–Kier alpha value is -0.210. The Labute approximate surface area is 137 Å². The second-order valence-electron chi connectivity index (χ2n) is 5.15. The lowest BCUT2D eigenvalue weighted by molar-refractivity contribution is 0.338. The third-order valence-corrected chi connectivity index (χ3v) is 4.52. The van der Waals surface area contributed by atoms with Crippen molar-refractivity contribution in [3.05, 3.63) is 28.2 Å². The highest BCUT2D eigenvalue weighted by Gasteiger charge is 2.10. The number of halogens is 2. The first kappa shape index (κ1) is 17.8. The summed E-state index contributed by atoms with van der Waals surface area (Å²) in [6.45, 7) is 4.92. The van der Waals surface area contributed by atoms with E-state index in [1.54, 1.807) is 0 Å². The average Bonchev–Trinajstić information content (AvgIpc) is 2.45. The molecule has 0 N–H and O–H groups in total. The van der Waals surface area contributed by atoms with Gasteiger partial charge >= 0.3 is 0 Å². The van der Waals surface area contributed by atoms with E-state index in [9.17, 15) is 0 Å². The lowest BCUT2D eigenvalue weighted by Gasteiger charge is -2.12. The summed E-state index contributed by atoms with van der Waals surface area (Å²) in [6.07, 6.45) is 8.91. The number of benzene rings is 1. The maximum Gasteiger partial charge on any atom is 0.133 e. The number of unbranched alkanes of at least 4 members (excludes halogenated alkanes) is 5. The minimum atomic E-state index is 0.105. The van der Waals surface area contributed by atoms with Gasteiger partial charge in [0.05, 0.1) is 16.5 Å². The molecule has 0 fully saturated rings. The Bertz CT molecular complexity index is 381. The van der Waals surface area contributed by atoms with Crippen LogP contribution in [-0.2, 0) is 0 Å². The molecule has 0 aromatic heterocycles. The molecule has 0 amide bonds. The van der Waals surface area contributed by atoms with E-state index >= 15 is 0 Å². The molecule has 0 aliphatic rings. The third kappa shape index (κ3) is 6.49. The Kier molecular flexibility index (Phi) is 9.37. The monoisotopic (exact) mass is 360 g/mol. The number of ether oxygens (including phenoxy) is 1. The Balaban J connectivity index is 2.35. The predicted octanol–water partition coefficient (Wildman–Crippen LogP) is 6.88. The largest absolute Gasteiger partial charge is 0.493 e. The van der Waals surface area contributed by atoms with Crippen LogP contribution in [0.4, 0.5) is 0 Å².